The van der Waals surface area contributed by atoms with Crippen molar-refractivity contribution in [1.82, 2.24) is 10.9 Å². The van der Waals surface area contributed by atoms with Crippen molar-refractivity contribution in [2.24, 2.45) is 0 Å². The first-order valence-electron chi connectivity index (χ1n) is 7.38. The summed E-state index contributed by atoms with van der Waals surface area (Å²) in [5.74, 6) is -1.40. The van der Waals surface area contributed by atoms with Crippen LogP contribution < -0.4 is 45.5 Å². The normalized spacial score (nSPS) is 9.85. The van der Waals surface area contributed by atoms with E-state index in [0.717, 1.165) is 12.8 Å². The smallest absolute Gasteiger partial charge is 0.549 e. The maximum atomic E-state index is 11.2. The van der Waals surface area contributed by atoms with Gasteiger partial charge in [0, 0.05) is 6.42 Å². The van der Waals surface area contributed by atoms with Gasteiger partial charge >= 0.3 is 29.6 Å². The Morgan fingerprint density at radius 3 is 1.90 bits per heavy atom. The van der Waals surface area contributed by atoms with Gasteiger partial charge in [0.1, 0.15) is 0 Å². The number of unbranched alkanes of at least 4 members (excludes halogenated alkanes) is 8. The number of hydrazine groups is 1. The fraction of sp³-hybridized carbons (Fsp3) is 0.857. The van der Waals surface area contributed by atoms with Crippen molar-refractivity contribution in [1.29, 1.82) is 0 Å². The van der Waals surface area contributed by atoms with E-state index in [9.17, 15) is 14.7 Å². The molecule has 0 saturated carbocycles. The Bertz CT molecular complexity index is 251. The Hall–Kier alpha value is -0.100. The summed E-state index contributed by atoms with van der Waals surface area (Å²) in [4.78, 5) is 21.3. The molecule has 0 atom stereocenters. The van der Waals surface area contributed by atoms with Gasteiger partial charge in [-0.05, 0) is 6.42 Å². The van der Waals surface area contributed by atoms with Crippen molar-refractivity contribution in [3.8, 4) is 0 Å². The quantitative estimate of drug-likeness (QED) is 0.241. The molecular weight excluding hydrogens is 267 g/mol. The molecule has 0 aromatic heterocycles. The van der Waals surface area contributed by atoms with Gasteiger partial charge in [-0.2, -0.15) is 0 Å². The molecule has 0 spiro atoms. The maximum absolute atomic E-state index is 11.2. The number of nitrogens with one attached hydrogen (secondary N) is 2. The Balaban J connectivity index is 0. The topological polar surface area (TPSA) is 81.3 Å². The summed E-state index contributed by atoms with van der Waals surface area (Å²) < 4.78 is 0. The molecule has 6 heteroatoms. The van der Waals surface area contributed by atoms with Crippen LogP contribution in [0.3, 0.4) is 0 Å². The summed E-state index contributed by atoms with van der Waals surface area (Å²) in [5.41, 5.74) is 4.63. The summed E-state index contributed by atoms with van der Waals surface area (Å²) in [7, 11) is 0. The molecule has 5 nitrogen and oxygen atoms in total. The van der Waals surface area contributed by atoms with E-state index in [1.54, 1.807) is 0 Å². The van der Waals surface area contributed by atoms with E-state index in [1.807, 2.05) is 0 Å². The first-order valence-corrected chi connectivity index (χ1v) is 7.38. The summed E-state index contributed by atoms with van der Waals surface area (Å²) in [6, 6.07) is 0. The van der Waals surface area contributed by atoms with Gasteiger partial charge in [-0.25, -0.2) is 5.43 Å². The van der Waals surface area contributed by atoms with E-state index in [1.165, 1.54) is 44.9 Å². The van der Waals surface area contributed by atoms with Gasteiger partial charge < -0.3 is 9.90 Å². The van der Waals surface area contributed by atoms with Crippen molar-refractivity contribution in [3.05, 3.63) is 0 Å². The van der Waals surface area contributed by atoms with Crippen LogP contribution in [-0.2, 0) is 9.59 Å². The van der Waals surface area contributed by atoms with E-state index in [2.05, 4.69) is 17.8 Å². The molecule has 0 aliphatic heterocycles. The van der Waals surface area contributed by atoms with E-state index in [0.29, 0.717) is 6.42 Å². The van der Waals surface area contributed by atoms with Crippen molar-refractivity contribution in [3.63, 3.8) is 0 Å². The Morgan fingerprint density at radius 2 is 1.40 bits per heavy atom. The van der Waals surface area contributed by atoms with Crippen molar-refractivity contribution < 1.29 is 44.3 Å². The summed E-state index contributed by atoms with van der Waals surface area (Å²) in [6.07, 6.45) is 11.3. The number of amides is 1. The number of hydrogen-bond acceptors (Lipinski definition) is 4. The Morgan fingerprint density at radius 1 is 0.900 bits per heavy atom. The Labute approximate surface area is 144 Å². The predicted molar refractivity (Wildman–Crippen MR) is 73.0 cm³/mol. The average Bonchev–Trinajstić information content (AvgIpc) is 2.36. The van der Waals surface area contributed by atoms with Crippen LogP contribution in [0.4, 0.5) is 0 Å². The predicted octanol–water partition coefficient (Wildman–Crippen LogP) is -1.72. The molecule has 0 aliphatic rings. The second-order valence-electron chi connectivity index (χ2n) is 4.85. The number of carboxylic acids is 1. The molecule has 0 unspecified atom stereocenters. The minimum atomic E-state index is -1.23. The first-order chi connectivity index (χ1) is 9.16. The summed E-state index contributed by atoms with van der Waals surface area (Å²) in [6.45, 7) is 1.86. The molecule has 1 amide bonds. The van der Waals surface area contributed by atoms with Crippen LogP contribution in [0.5, 0.6) is 0 Å². The summed E-state index contributed by atoms with van der Waals surface area (Å²) >= 11 is 0. The molecular formula is C14H27N2NaO3. The third kappa shape index (κ3) is 17.9. The monoisotopic (exact) mass is 294 g/mol. The number of rotatable bonds is 13. The number of carboxylic acid groups (broad SMARTS) is 1. The van der Waals surface area contributed by atoms with Crippen molar-refractivity contribution in [2.75, 3.05) is 6.54 Å². The van der Waals surface area contributed by atoms with Crippen molar-refractivity contribution in [2.45, 2.75) is 71.1 Å². The molecule has 0 fully saturated rings. The minimum Gasteiger partial charge on any atom is -0.549 e. The van der Waals surface area contributed by atoms with Gasteiger partial charge in [-0.3, -0.25) is 10.2 Å². The average molecular weight is 294 g/mol. The van der Waals surface area contributed by atoms with Crippen LogP contribution in [0.2, 0.25) is 0 Å². The van der Waals surface area contributed by atoms with Crippen LogP contribution in [0.25, 0.3) is 0 Å². The van der Waals surface area contributed by atoms with E-state index in [-0.39, 0.29) is 42.0 Å². The fourth-order valence-corrected chi connectivity index (χ4v) is 1.87. The number of hydrogen-bond donors (Lipinski definition) is 2. The molecule has 0 saturated heterocycles. The maximum Gasteiger partial charge on any atom is 1.00 e. The molecule has 20 heavy (non-hydrogen) atoms. The van der Waals surface area contributed by atoms with Crippen LogP contribution in [-0.4, -0.2) is 18.4 Å². The van der Waals surface area contributed by atoms with Gasteiger partial charge in [0.05, 0.1) is 12.5 Å². The van der Waals surface area contributed by atoms with E-state index >= 15 is 0 Å². The summed E-state index contributed by atoms with van der Waals surface area (Å²) in [5, 5.41) is 10.1. The van der Waals surface area contributed by atoms with Gasteiger partial charge in [0.25, 0.3) is 0 Å². The van der Waals surface area contributed by atoms with E-state index in [4.69, 9.17) is 0 Å². The third-order valence-electron chi connectivity index (χ3n) is 2.97. The fourth-order valence-electron chi connectivity index (χ4n) is 1.87. The molecule has 2 N–H and O–H groups in total. The zero-order valence-electron chi connectivity index (χ0n) is 13.0. The van der Waals surface area contributed by atoms with Crippen LogP contribution in [0.15, 0.2) is 0 Å². The molecule has 0 rings (SSSR count). The zero-order chi connectivity index (χ0) is 14.3. The third-order valence-corrected chi connectivity index (χ3v) is 2.97. The second-order valence-corrected chi connectivity index (χ2v) is 4.85. The largest absolute Gasteiger partial charge is 1.00 e. The molecule has 112 valence electrons. The number of carbonyl (C=O) groups excluding carboxylic acids is 2. The molecule has 0 aromatic carbocycles. The first kappa shape index (κ1) is 22.2. The van der Waals surface area contributed by atoms with Crippen LogP contribution in [0.1, 0.15) is 71.1 Å². The second kappa shape index (κ2) is 17.0. The SMILES string of the molecule is CCCCCCCCCCCC(=O)NNCC(=O)[O-].[Na+]. The number of aliphatic carboxylic acids is 1. The molecule has 0 radical (unpaired) electrons. The van der Waals surface area contributed by atoms with Gasteiger partial charge in [0.15, 0.2) is 0 Å². The number of carbonyl (C=O) groups is 2. The molecule has 0 aliphatic carbocycles. The molecule has 0 aromatic rings. The van der Waals surface area contributed by atoms with E-state index < -0.39 is 5.97 Å². The van der Waals surface area contributed by atoms with Gasteiger partial charge in [0.2, 0.25) is 5.91 Å². The van der Waals surface area contributed by atoms with Crippen LogP contribution in [0, 0.1) is 0 Å². The molecule has 0 bridgehead atoms. The molecule has 0 heterocycles. The zero-order valence-corrected chi connectivity index (χ0v) is 15.0. The minimum absolute atomic E-state index is 0. The Kier molecular flexibility index (Phi) is 18.8. The standard InChI is InChI=1S/C14H28N2O3.Na/c1-2-3-4-5-6-7-8-9-10-11-13(17)16-15-12-14(18)19;/h15H,2-12H2,1H3,(H,16,17)(H,18,19);/q;+1/p-1. The van der Waals surface area contributed by atoms with Crippen LogP contribution >= 0.6 is 0 Å². The van der Waals surface area contributed by atoms with Gasteiger partial charge in [-0.15, -0.1) is 0 Å². The van der Waals surface area contributed by atoms with Gasteiger partial charge in [-0.1, -0.05) is 58.3 Å². The van der Waals surface area contributed by atoms with Crippen molar-refractivity contribution >= 4 is 11.9 Å².